The maximum absolute atomic E-state index is 12.1. The van der Waals surface area contributed by atoms with Crippen molar-refractivity contribution in [3.8, 4) is 11.8 Å². The molecule has 1 heterocycles. The number of carbonyl (C=O) groups excluding carboxylic acids is 1. The summed E-state index contributed by atoms with van der Waals surface area (Å²) < 4.78 is 5.61. The number of ether oxygens (including phenoxy) is 1. The van der Waals surface area contributed by atoms with E-state index >= 15 is 0 Å². The van der Waals surface area contributed by atoms with Gasteiger partial charge in [-0.1, -0.05) is 0 Å². The molecule has 5 nitrogen and oxygen atoms in total. The zero-order valence-electron chi connectivity index (χ0n) is 10.9. The molecular formula is C14H17N3O2. The van der Waals surface area contributed by atoms with Crippen LogP contribution in [0.1, 0.15) is 12.5 Å². The number of nitriles is 1. The summed E-state index contributed by atoms with van der Waals surface area (Å²) in [5, 5.41) is 11.9. The maximum Gasteiger partial charge on any atom is 0.263 e. The summed E-state index contributed by atoms with van der Waals surface area (Å²) in [4.78, 5) is 14.0. The number of carbonyl (C=O) groups is 1. The van der Waals surface area contributed by atoms with Crippen LogP contribution in [0.15, 0.2) is 24.3 Å². The van der Waals surface area contributed by atoms with E-state index < -0.39 is 6.10 Å². The molecule has 0 bridgehead atoms. The Morgan fingerprint density at radius 1 is 1.37 bits per heavy atom. The molecule has 0 aromatic heterocycles. The molecule has 100 valence electrons. The zero-order valence-corrected chi connectivity index (χ0v) is 10.9. The fourth-order valence-electron chi connectivity index (χ4n) is 2.00. The van der Waals surface area contributed by atoms with Gasteiger partial charge in [-0.2, -0.15) is 5.26 Å². The predicted octanol–water partition coefficient (Wildman–Crippen LogP) is 0.757. The molecule has 1 amide bonds. The van der Waals surface area contributed by atoms with Crippen LogP contribution >= 0.6 is 0 Å². The van der Waals surface area contributed by atoms with Crippen LogP contribution < -0.4 is 10.1 Å². The van der Waals surface area contributed by atoms with E-state index in [1.165, 1.54) is 0 Å². The third kappa shape index (κ3) is 3.46. The lowest BCUT2D eigenvalue weighted by Gasteiger charge is -2.29. The van der Waals surface area contributed by atoms with Crippen LogP contribution in [0.2, 0.25) is 0 Å². The van der Waals surface area contributed by atoms with Gasteiger partial charge in [0.15, 0.2) is 6.10 Å². The van der Waals surface area contributed by atoms with Crippen LogP contribution in [0.3, 0.4) is 0 Å². The van der Waals surface area contributed by atoms with Crippen molar-refractivity contribution in [2.24, 2.45) is 0 Å². The molecule has 1 fully saturated rings. The molecule has 0 saturated carbocycles. The summed E-state index contributed by atoms with van der Waals surface area (Å²) in [6.45, 7) is 4.85. The predicted molar refractivity (Wildman–Crippen MR) is 70.7 cm³/mol. The second-order valence-corrected chi connectivity index (χ2v) is 4.47. The van der Waals surface area contributed by atoms with E-state index in [2.05, 4.69) is 5.32 Å². The monoisotopic (exact) mass is 259 g/mol. The molecule has 2 rings (SSSR count). The summed E-state index contributed by atoms with van der Waals surface area (Å²) in [5.41, 5.74) is 0.577. The largest absolute Gasteiger partial charge is 0.481 e. The average Bonchev–Trinajstić information content (AvgIpc) is 2.48. The summed E-state index contributed by atoms with van der Waals surface area (Å²) in [6, 6.07) is 8.82. The van der Waals surface area contributed by atoms with Gasteiger partial charge in [0.25, 0.3) is 5.91 Å². The van der Waals surface area contributed by atoms with Crippen LogP contribution in [0.5, 0.6) is 5.75 Å². The molecule has 1 aliphatic heterocycles. The van der Waals surface area contributed by atoms with E-state index in [9.17, 15) is 4.79 Å². The van der Waals surface area contributed by atoms with E-state index in [0.717, 1.165) is 26.2 Å². The van der Waals surface area contributed by atoms with Crippen molar-refractivity contribution in [1.82, 2.24) is 10.2 Å². The first-order valence-electron chi connectivity index (χ1n) is 6.37. The minimum atomic E-state index is -0.508. The highest BCUT2D eigenvalue weighted by atomic mass is 16.5. The van der Waals surface area contributed by atoms with Gasteiger partial charge in [0, 0.05) is 26.2 Å². The standard InChI is InChI=1S/C14H17N3O2/c1-11(14(18)17-8-6-16-7-9-17)19-13-4-2-12(10-15)3-5-13/h2-5,11,16H,6-9H2,1H3. The number of nitrogens with one attached hydrogen (secondary N) is 1. The van der Waals surface area contributed by atoms with Crippen LogP contribution in [0, 0.1) is 11.3 Å². The Balaban J connectivity index is 1.93. The highest BCUT2D eigenvalue weighted by Gasteiger charge is 2.23. The third-order valence-electron chi connectivity index (χ3n) is 3.07. The molecule has 0 radical (unpaired) electrons. The van der Waals surface area contributed by atoms with E-state index in [1.54, 1.807) is 31.2 Å². The lowest BCUT2D eigenvalue weighted by molar-refractivity contribution is -0.138. The first kappa shape index (κ1) is 13.4. The van der Waals surface area contributed by atoms with Gasteiger partial charge in [-0.3, -0.25) is 4.79 Å². The van der Waals surface area contributed by atoms with Gasteiger partial charge in [-0.15, -0.1) is 0 Å². The maximum atomic E-state index is 12.1. The Morgan fingerprint density at radius 2 is 2.00 bits per heavy atom. The van der Waals surface area contributed by atoms with E-state index in [4.69, 9.17) is 10.00 Å². The molecule has 1 aromatic rings. The van der Waals surface area contributed by atoms with Crippen molar-refractivity contribution < 1.29 is 9.53 Å². The van der Waals surface area contributed by atoms with Gasteiger partial charge in [0.1, 0.15) is 5.75 Å². The zero-order chi connectivity index (χ0) is 13.7. The van der Waals surface area contributed by atoms with Crippen molar-refractivity contribution in [3.63, 3.8) is 0 Å². The fourth-order valence-corrected chi connectivity index (χ4v) is 2.00. The first-order chi connectivity index (χ1) is 9.20. The summed E-state index contributed by atoms with van der Waals surface area (Å²) in [7, 11) is 0. The molecule has 1 aliphatic rings. The molecule has 1 aromatic carbocycles. The van der Waals surface area contributed by atoms with Gasteiger partial charge in [-0.05, 0) is 31.2 Å². The van der Waals surface area contributed by atoms with Crippen LogP contribution in [0.4, 0.5) is 0 Å². The van der Waals surface area contributed by atoms with Crippen molar-refractivity contribution in [1.29, 1.82) is 5.26 Å². The molecular weight excluding hydrogens is 242 g/mol. The van der Waals surface area contributed by atoms with E-state index in [1.807, 2.05) is 11.0 Å². The summed E-state index contributed by atoms with van der Waals surface area (Å²) in [5.74, 6) is 0.612. The van der Waals surface area contributed by atoms with Crippen LogP contribution in [-0.4, -0.2) is 43.1 Å². The normalized spacial score (nSPS) is 16.5. The Labute approximate surface area is 112 Å². The van der Waals surface area contributed by atoms with Crippen LogP contribution in [-0.2, 0) is 4.79 Å². The first-order valence-corrected chi connectivity index (χ1v) is 6.37. The number of piperazine rings is 1. The number of hydrogen-bond acceptors (Lipinski definition) is 4. The topological polar surface area (TPSA) is 65.4 Å². The molecule has 1 saturated heterocycles. The molecule has 19 heavy (non-hydrogen) atoms. The Kier molecular flexibility index (Phi) is 4.37. The van der Waals surface area contributed by atoms with Gasteiger partial charge < -0.3 is 15.0 Å². The number of hydrogen-bond donors (Lipinski definition) is 1. The Bertz CT molecular complexity index is 472. The van der Waals surface area contributed by atoms with Gasteiger partial charge in [-0.25, -0.2) is 0 Å². The summed E-state index contributed by atoms with van der Waals surface area (Å²) in [6.07, 6.45) is -0.508. The van der Waals surface area contributed by atoms with Gasteiger partial charge in [0.05, 0.1) is 11.6 Å². The molecule has 0 aliphatic carbocycles. The number of benzene rings is 1. The summed E-state index contributed by atoms with van der Waals surface area (Å²) >= 11 is 0. The second kappa shape index (κ2) is 6.21. The second-order valence-electron chi connectivity index (χ2n) is 4.47. The number of nitrogens with zero attached hydrogens (tertiary/aromatic N) is 2. The minimum absolute atomic E-state index is 0.00543. The minimum Gasteiger partial charge on any atom is -0.481 e. The van der Waals surface area contributed by atoms with Crippen molar-refractivity contribution in [2.45, 2.75) is 13.0 Å². The van der Waals surface area contributed by atoms with E-state index in [-0.39, 0.29) is 5.91 Å². The fraction of sp³-hybridized carbons (Fsp3) is 0.429. The van der Waals surface area contributed by atoms with Crippen molar-refractivity contribution in [3.05, 3.63) is 29.8 Å². The third-order valence-corrected chi connectivity index (χ3v) is 3.07. The number of rotatable bonds is 3. The van der Waals surface area contributed by atoms with Crippen LogP contribution in [0.25, 0.3) is 0 Å². The highest BCUT2D eigenvalue weighted by Crippen LogP contribution is 2.14. The van der Waals surface area contributed by atoms with E-state index in [0.29, 0.717) is 11.3 Å². The van der Waals surface area contributed by atoms with Gasteiger partial charge in [0.2, 0.25) is 0 Å². The van der Waals surface area contributed by atoms with Gasteiger partial charge >= 0.3 is 0 Å². The van der Waals surface area contributed by atoms with Crippen molar-refractivity contribution >= 4 is 5.91 Å². The molecule has 1 N–H and O–H groups in total. The molecule has 5 heteroatoms. The smallest absolute Gasteiger partial charge is 0.263 e. The lowest BCUT2D eigenvalue weighted by atomic mass is 10.2. The van der Waals surface area contributed by atoms with Crippen molar-refractivity contribution in [2.75, 3.05) is 26.2 Å². The average molecular weight is 259 g/mol. The lowest BCUT2D eigenvalue weighted by Crippen LogP contribution is -2.50. The molecule has 1 unspecified atom stereocenters. The SMILES string of the molecule is CC(Oc1ccc(C#N)cc1)C(=O)N1CCNCC1. The highest BCUT2D eigenvalue weighted by molar-refractivity contribution is 5.81. The molecule has 0 spiro atoms. The quantitative estimate of drug-likeness (QED) is 0.870. The Morgan fingerprint density at radius 3 is 2.58 bits per heavy atom. The molecule has 1 atom stereocenters. The number of amides is 1. The Hall–Kier alpha value is -2.06.